The number of nitriles is 1. The molecule has 0 unspecified atom stereocenters. The van der Waals surface area contributed by atoms with E-state index >= 15 is 0 Å². The van der Waals surface area contributed by atoms with Crippen molar-refractivity contribution in [3.05, 3.63) is 30.1 Å². The molecule has 0 fully saturated rings. The lowest BCUT2D eigenvalue weighted by atomic mass is 10.3. The summed E-state index contributed by atoms with van der Waals surface area (Å²) in [5.74, 6) is -0.284. The average molecular weight is 337 g/mol. The molecule has 0 saturated heterocycles. The van der Waals surface area contributed by atoms with Crippen LogP contribution < -0.4 is 10.6 Å². The van der Waals surface area contributed by atoms with E-state index in [0.717, 1.165) is 0 Å². The number of hydrogen-bond acceptors (Lipinski definition) is 7. The van der Waals surface area contributed by atoms with E-state index in [1.165, 1.54) is 35.2 Å². The summed E-state index contributed by atoms with van der Waals surface area (Å²) in [7, 11) is 0. The van der Waals surface area contributed by atoms with Gasteiger partial charge in [0, 0.05) is 12.2 Å². The van der Waals surface area contributed by atoms with E-state index in [9.17, 15) is 9.18 Å². The molecule has 0 atom stereocenters. The minimum Gasteiger partial charge on any atom is -0.354 e. The Labute approximate surface area is 134 Å². The van der Waals surface area contributed by atoms with Gasteiger partial charge in [0.2, 0.25) is 11.0 Å². The quantitative estimate of drug-likeness (QED) is 0.596. The molecule has 1 heterocycles. The van der Waals surface area contributed by atoms with E-state index in [4.69, 9.17) is 5.26 Å². The van der Waals surface area contributed by atoms with Crippen molar-refractivity contribution in [3.63, 3.8) is 0 Å². The number of benzene rings is 1. The van der Waals surface area contributed by atoms with E-state index in [-0.39, 0.29) is 23.9 Å². The Morgan fingerprint density at radius 1 is 1.45 bits per heavy atom. The molecule has 22 heavy (non-hydrogen) atoms. The number of rotatable bonds is 7. The molecule has 1 aromatic heterocycles. The summed E-state index contributed by atoms with van der Waals surface area (Å²) in [6.07, 6.45) is 0.289. The van der Waals surface area contributed by atoms with E-state index < -0.39 is 0 Å². The summed E-state index contributed by atoms with van der Waals surface area (Å²) in [6.45, 7) is 0.346. The second-order valence-corrected chi connectivity index (χ2v) is 6.26. The van der Waals surface area contributed by atoms with Gasteiger partial charge in [-0.05, 0) is 18.2 Å². The van der Waals surface area contributed by atoms with Gasteiger partial charge in [-0.3, -0.25) is 4.79 Å². The van der Waals surface area contributed by atoms with Gasteiger partial charge in [-0.2, -0.15) is 5.26 Å². The molecule has 1 aromatic carbocycles. The fourth-order valence-electron chi connectivity index (χ4n) is 1.44. The maximum atomic E-state index is 13.1. The molecule has 0 aliphatic rings. The summed E-state index contributed by atoms with van der Waals surface area (Å²) in [5, 5.41) is 22.4. The molecule has 1 amide bonds. The highest BCUT2D eigenvalue weighted by atomic mass is 32.2. The number of nitrogens with one attached hydrogen (secondary N) is 2. The second-order valence-electron chi connectivity index (χ2n) is 4.06. The van der Waals surface area contributed by atoms with Crippen LogP contribution in [-0.4, -0.2) is 28.4 Å². The third kappa shape index (κ3) is 5.31. The highest BCUT2D eigenvalue weighted by molar-refractivity contribution is 8.01. The molecular weight excluding hydrogens is 325 g/mol. The van der Waals surface area contributed by atoms with Gasteiger partial charge in [-0.15, -0.1) is 10.2 Å². The SMILES string of the molecule is N#CCCNC(=O)CSc1nnc(Nc2cccc(F)c2)s1. The van der Waals surface area contributed by atoms with Crippen molar-refractivity contribution in [1.29, 1.82) is 5.26 Å². The molecule has 0 saturated carbocycles. The third-order valence-electron chi connectivity index (χ3n) is 2.37. The number of nitrogens with zero attached hydrogens (tertiary/aromatic N) is 3. The first-order valence-electron chi connectivity index (χ1n) is 6.30. The van der Waals surface area contributed by atoms with Gasteiger partial charge in [0.25, 0.3) is 0 Å². The number of hydrogen-bond donors (Lipinski definition) is 2. The standard InChI is InChI=1S/C13H12FN5OS2/c14-9-3-1-4-10(7-9)17-12-18-19-13(22-12)21-8-11(20)16-6-2-5-15/h1,3-4,7H,2,6,8H2,(H,16,20)(H,17,18). The van der Waals surface area contributed by atoms with Gasteiger partial charge in [0.1, 0.15) is 5.82 Å². The second kappa shape index (κ2) is 8.31. The van der Waals surface area contributed by atoms with Gasteiger partial charge in [-0.25, -0.2) is 4.39 Å². The van der Waals surface area contributed by atoms with Gasteiger partial charge >= 0.3 is 0 Å². The molecule has 0 aliphatic carbocycles. The van der Waals surface area contributed by atoms with Crippen LogP contribution in [0.25, 0.3) is 0 Å². The Bertz CT molecular complexity index is 685. The monoisotopic (exact) mass is 337 g/mol. The van der Waals surface area contributed by atoms with Crippen LogP contribution in [0.4, 0.5) is 15.2 Å². The predicted octanol–water partition coefficient (Wildman–Crippen LogP) is 2.54. The first-order valence-corrected chi connectivity index (χ1v) is 8.10. The average Bonchev–Trinajstić information content (AvgIpc) is 2.93. The zero-order valence-corrected chi connectivity index (χ0v) is 13.0. The van der Waals surface area contributed by atoms with Gasteiger partial charge in [-0.1, -0.05) is 29.2 Å². The van der Waals surface area contributed by atoms with Crippen molar-refractivity contribution in [2.24, 2.45) is 0 Å². The maximum Gasteiger partial charge on any atom is 0.230 e. The van der Waals surface area contributed by atoms with Crippen LogP contribution in [0.5, 0.6) is 0 Å². The Hall–Kier alpha value is -2.18. The predicted molar refractivity (Wildman–Crippen MR) is 83.6 cm³/mol. The van der Waals surface area contributed by atoms with Crippen molar-refractivity contribution in [3.8, 4) is 6.07 Å². The third-order valence-corrected chi connectivity index (χ3v) is 4.34. The highest BCUT2D eigenvalue weighted by Gasteiger charge is 2.08. The Kier molecular flexibility index (Phi) is 6.12. The minimum atomic E-state index is -0.335. The number of amides is 1. The summed E-state index contributed by atoms with van der Waals surface area (Å²) >= 11 is 2.54. The van der Waals surface area contributed by atoms with Crippen LogP contribution in [0.1, 0.15) is 6.42 Å². The number of carbonyl (C=O) groups excluding carboxylic acids is 1. The largest absolute Gasteiger partial charge is 0.354 e. The molecule has 0 radical (unpaired) electrons. The normalized spacial score (nSPS) is 10.0. The van der Waals surface area contributed by atoms with E-state index in [1.807, 2.05) is 6.07 Å². The van der Waals surface area contributed by atoms with Crippen LogP contribution in [0, 0.1) is 17.1 Å². The van der Waals surface area contributed by atoms with Crippen molar-refractivity contribution in [2.75, 3.05) is 17.6 Å². The van der Waals surface area contributed by atoms with Gasteiger partial charge in [0.05, 0.1) is 18.2 Å². The summed E-state index contributed by atoms with van der Waals surface area (Å²) in [6, 6.07) is 7.99. The molecule has 6 nitrogen and oxygen atoms in total. The van der Waals surface area contributed by atoms with Crippen LogP contribution in [-0.2, 0) is 4.79 Å². The van der Waals surface area contributed by atoms with Crippen molar-refractivity contribution in [2.45, 2.75) is 10.8 Å². The molecular formula is C13H12FN5OS2. The molecule has 2 rings (SSSR count). The minimum absolute atomic E-state index is 0.157. The molecule has 9 heteroatoms. The van der Waals surface area contributed by atoms with E-state index in [1.54, 1.807) is 12.1 Å². The highest BCUT2D eigenvalue weighted by Crippen LogP contribution is 2.27. The molecule has 0 bridgehead atoms. The topological polar surface area (TPSA) is 90.7 Å². The smallest absolute Gasteiger partial charge is 0.230 e. The number of carbonyl (C=O) groups is 1. The Morgan fingerprint density at radius 2 is 2.32 bits per heavy atom. The molecule has 2 aromatic rings. The van der Waals surface area contributed by atoms with Crippen molar-refractivity contribution in [1.82, 2.24) is 15.5 Å². The maximum absolute atomic E-state index is 13.1. The fourth-order valence-corrected chi connectivity index (χ4v) is 3.05. The molecule has 2 N–H and O–H groups in total. The van der Waals surface area contributed by atoms with Crippen LogP contribution in [0.2, 0.25) is 0 Å². The first-order chi connectivity index (χ1) is 10.7. The summed E-state index contributed by atoms with van der Waals surface area (Å²) < 4.78 is 13.7. The Balaban J connectivity index is 1.81. The zero-order chi connectivity index (χ0) is 15.8. The number of anilines is 2. The number of halogens is 1. The lowest BCUT2D eigenvalue weighted by Gasteiger charge is -2.01. The zero-order valence-electron chi connectivity index (χ0n) is 11.4. The first kappa shape index (κ1) is 16.2. The summed E-state index contributed by atoms with van der Waals surface area (Å²) in [4.78, 5) is 11.5. The lowest BCUT2D eigenvalue weighted by molar-refractivity contribution is -0.118. The van der Waals surface area contributed by atoms with Crippen LogP contribution >= 0.6 is 23.1 Å². The van der Waals surface area contributed by atoms with Crippen LogP contribution in [0.3, 0.4) is 0 Å². The molecule has 114 valence electrons. The molecule has 0 aliphatic heterocycles. The lowest BCUT2D eigenvalue weighted by Crippen LogP contribution is -2.25. The summed E-state index contributed by atoms with van der Waals surface area (Å²) in [5.41, 5.74) is 0.585. The van der Waals surface area contributed by atoms with Crippen LogP contribution in [0.15, 0.2) is 28.6 Å². The van der Waals surface area contributed by atoms with E-state index in [0.29, 0.717) is 21.7 Å². The van der Waals surface area contributed by atoms with Crippen molar-refractivity contribution >= 4 is 39.8 Å². The Morgan fingerprint density at radius 3 is 3.09 bits per heavy atom. The number of aromatic nitrogens is 2. The fraction of sp³-hybridized carbons (Fsp3) is 0.231. The molecule has 0 spiro atoms. The van der Waals surface area contributed by atoms with Crippen molar-refractivity contribution < 1.29 is 9.18 Å². The van der Waals surface area contributed by atoms with Gasteiger partial charge in [0.15, 0.2) is 4.34 Å². The van der Waals surface area contributed by atoms with Gasteiger partial charge < -0.3 is 10.6 Å². The number of thioether (sulfide) groups is 1. The van der Waals surface area contributed by atoms with E-state index in [2.05, 4.69) is 20.8 Å².